The van der Waals surface area contributed by atoms with Crippen molar-refractivity contribution in [2.24, 2.45) is 17.8 Å². The topological polar surface area (TPSA) is 8.17 Å². The summed E-state index contributed by atoms with van der Waals surface area (Å²) in [6.07, 6.45) is 15.5. The van der Waals surface area contributed by atoms with Crippen LogP contribution in [-0.4, -0.2) is 4.57 Å². The number of para-hydroxylation sites is 2. The van der Waals surface area contributed by atoms with E-state index in [0.29, 0.717) is 11.3 Å². The fourth-order valence-electron chi connectivity index (χ4n) is 13.4. The molecule has 6 aliphatic rings. The van der Waals surface area contributed by atoms with Crippen molar-refractivity contribution in [2.75, 3.05) is 4.90 Å². The van der Waals surface area contributed by atoms with Crippen LogP contribution in [0.2, 0.25) is 0 Å². The maximum absolute atomic E-state index is 2.54. The van der Waals surface area contributed by atoms with Crippen molar-refractivity contribution in [3.8, 4) is 16.8 Å². The molecule has 0 saturated heterocycles. The number of hydrogen-bond acceptors (Lipinski definition) is 1. The molecule has 0 spiro atoms. The SMILES string of the molecule is CC1(C)c2cc(N(c3ccc(C4CCCCC4)cc3)c3ccc(C45CC6CC(CC(C6)C4)C5)cc3)ccc2-c2cc3c(cc21)c1ccccc1n3-c1ccccc1. The Morgan fingerprint density at radius 3 is 1.84 bits per heavy atom. The van der Waals surface area contributed by atoms with E-state index in [4.69, 9.17) is 0 Å². The average molecular weight is 743 g/mol. The first-order chi connectivity index (χ1) is 27.9. The Bertz CT molecular complexity index is 2620. The van der Waals surface area contributed by atoms with Crippen molar-refractivity contribution in [3.63, 3.8) is 0 Å². The van der Waals surface area contributed by atoms with Crippen LogP contribution < -0.4 is 4.90 Å². The van der Waals surface area contributed by atoms with E-state index in [2.05, 4.69) is 157 Å². The Balaban J connectivity index is 0.973. The van der Waals surface area contributed by atoms with Crippen molar-refractivity contribution in [2.45, 2.75) is 101 Å². The van der Waals surface area contributed by atoms with Gasteiger partial charge in [0.2, 0.25) is 0 Å². The predicted octanol–water partition coefficient (Wildman–Crippen LogP) is 15.1. The molecule has 284 valence electrons. The van der Waals surface area contributed by atoms with Crippen molar-refractivity contribution >= 4 is 38.9 Å². The standard InChI is InChI=1S/C55H54N2/c1-54(2)50-30-45(25-26-46(50)48-32-53-49(31-51(48)54)47-15-9-10-16-52(47)57(53)42-13-7-4-8-14-42)56(43-21-17-40(18-22-43)39-11-5-3-6-12-39)44-23-19-41(20-24-44)55-33-36-27-37(34-55)29-38(28-36)35-55/h4,7-10,13-26,30-32,36-39H,3,5-6,11-12,27-29,33-35H2,1-2H3. The molecule has 4 bridgehead atoms. The molecule has 6 aromatic carbocycles. The molecule has 13 rings (SSSR count). The van der Waals surface area contributed by atoms with Crippen LogP contribution in [0.5, 0.6) is 0 Å². The van der Waals surface area contributed by atoms with Gasteiger partial charge in [-0.25, -0.2) is 0 Å². The Morgan fingerprint density at radius 2 is 1.14 bits per heavy atom. The summed E-state index contributed by atoms with van der Waals surface area (Å²) in [4.78, 5) is 2.54. The molecular weight excluding hydrogens is 689 g/mol. The summed E-state index contributed by atoms with van der Waals surface area (Å²) < 4.78 is 2.45. The molecule has 57 heavy (non-hydrogen) atoms. The fraction of sp³-hybridized carbons (Fsp3) is 0.345. The van der Waals surface area contributed by atoms with E-state index in [1.54, 1.807) is 5.56 Å². The van der Waals surface area contributed by atoms with E-state index in [1.807, 2.05) is 0 Å². The van der Waals surface area contributed by atoms with Gasteiger partial charge < -0.3 is 9.47 Å². The number of aromatic nitrogens is 1. The third-order valence-electron chi connectivity index (χ3n) is 15.7. The van der Waals surface area contributed by atoms with Gasteiger partial charge in [-0.1, -0.05) is 99.8 Å². The van der Waals surface area contributed by atoms with Gasteiger partial charge in [-0.2, -0.15) is 0 Å². The van der Waals surface area contributed by atoms with Gasteiger partial charge in [-0.05, 0) is 181 Å². The summed E-state index contributed by atoms with van der Waals surface area (Å²) in [5, 5.41) is 2.64. The summed E-state index contributed by atoms with van der Waals surface area (Å²) >= 11 is 0. The second-order valence-corrected chi connectivity index (χ2v) is 19.5. The molecule has 0 radical (unpaired) electrons. The highest BCUT2D eigenvalue weighted by Gasteiger charge is 2.51. The van der Waals surface area contributed by atoms with Crippen LogP contribution in [0.1, 0.15) is 113 Å². The minimum absolute atomic E-state index is 0.149. The van der Waals surface area contributed by atoms with Crippen LogP contribution in [-0.2, 0) is 10.8 Å². The fourth-order valence-corrected chi connectivity index (χ4v) is 13.4. The molecule has 2 nitrogen and oxygen atoms in total. The second-order valence-electron chi connectivity index (χ2n) is 19.5. The smallest absolute Gasteiger partial charge is 0.0547 e. The molecular formula is C55H54N2. The van der Waals surface area contributed by atoms with Gasteiger partial charge in [0.1, 0.15) is 0 Å². The summed E-state index contributed by atoms with van der Waals surface area (Å²) in [5.41, 5.74) is 16.4. The maximum Gasteiger partial charge on any atom is 0.0547 e. The summed E-state index contributed by atoms with van der Waals surface area (Å²) in [7, 11) is 0. The molecule has 5 saturated carbocycles. The van der Waals surface area contributed by atoms with E-state index in [1.165, 1.54) is 143 Å². The highest BCUT2D eigenvalue weighted by atomic mass is 15.1. The van der Waals surface area contributed by atoms with Crippen LogP contribution in [0.15, 0.2) is 133 Å². The van der Waals surface area contributed by atoms with Crippen LogP contribution in [0, 0.1) is 17.8 Å². The number of rotatable bonds is 6. The lowest BCUT2D eigenvalue weighted by molar-refractivity contribution is -0.00518. The lowest BCUT2D eigenvalue weighted by Crippen LogP contribution is -2.48. The predicted molar refractivity (Wildman–Crippen MR) is 239 cm³/mol. The number of hydrogen-bond donors (Lipinski definition) is 0. The Hall–Kier alpha value is -5.08. The Labute approximate surface area is 338 Å². The normalized spacial score (nSPS) is 24.6. The molecule has 0 amide bonds. The zero-order valence-electron chi connectivity index (χ0n) is 33.7. The first-order valence-electron chi connectivity index (χ1n) is 22.2. The molecule has 5 fully saturated rings. The van der Waals surface area contributed by atoms with Crippen LogP contribution >= 0.6 is 0 Å². The van der Waals surface area contributed by atoms with Gasteiger partial charge in [0, 0.05) is 38.9 Å². The van der Waals surface area contributed by atoms with Gasteiger partial charge >= 0.3 is 0 Å². The molecule has 0 unspecified atom stereocenters. The van der Waals surface area contributed by atoms with Gasteiger partial charge in [0.15, 0.2) is 0 Å². The minimum atomic E-state index is -0.149. The van der Waals surface area contributed by atoms with Crippen molar-refractivity contribution < 1.29 is 0 Å². The first-order valence-corrected chi connectivity index (χ1v) is 22.2. The van der Waals surface area contributed by atoms with Crippen LogP contribution in [0.4, 0.5) is 17.1 Å². The molecule has 0 atom stereocenters. The average Bonchev–Trinajstić information content (AvgIpc) is 3.68. The van der Waals surface area contributed by atoms with Crippen LogP contribution in [0.3, 0.4) is 0 Å². The van der Waals surface area contributed by atoms with Crippen molar-refractivity contribution in [1.29, 1.82) is 0 Å². The highest BCUT2D eigenvalue weighted by molar-refractivity contribution is 6.11. The molecule has 2 heteroatoms. The highest BCUT2D eigenvalue weighted by Crippen LogP contribution is 2.61. The van der Waals surface area contributed by atoms with Crippen LogP contribution in [0.25, 0.3) is 38.6 Å². The zero-order chi connectivity index (χ0) is 37.9. The summed E-state index contributed by atoms with van der Waals surface area (Å²) in [5.74, 6) is 3.55. The van der Waals surface area contributed by atoms with E-state index < -0.39 is 0 Å². The second kappa shape index (κ2) is 12.7. The van der Waals surface area contributed by atoms with Crippen molar-refractivity contribution in [1.82, 2.24) is 4.57 Å². The Morgan fingerprint density at radius 1 is 0.526 bits per heavy atom. The lowest BCUT2D eigenvalue weighted by atomic mass is 9.48. The van der Waals surface area contributed by atoms with E-state index in [-0.39, 0.29) is 5.41 Å². The van der Waals surface area contributed by atoms with E-state index >= 15 is 0 Å². The monoisotopic (exact) mass is 742 g/mol. The minimum Gasteiger partial charge on any atom is -0.310 e. The number of benzene rings is 6. The third kappa shape index (κ3) is 5.28. The number of fused-ring (bicyclic) bond motifs is 6. The molecule has 6 aliphatic carbocycles. The number of nitrogens with zero attached hydrogens (tertiary/aromatic N) is 2. The zero-order valence-corrected chi connectivity index (χ0v) is 33.7. The van der Waals surface area contributed by atoms with Crippen molar-refractivity contribution in [3.05, 3.63) is 156 Å². The van der Waals surface area contributed by atoms with E-state index in [0.717, 1.165) is 17.8 Å². The first kappa shape index (κ1) is 34.0. The number of anilines is 3. The molecule has 1 heterocycles. The largest absolute Gasteiger partial charge is 0.310 e. The third-order valence-corrected chi connectivity index (χ3v) is 15.7. The van der Waals surface area contributed by atoms with Gasteiger partial charge in [0.25, 0.3) is 0 Å². The quantitative estimate of drug-likeness (QED) is 0.165. The molecule has 1 aromatic heterocycles. The molecule has 0 aliphatic heterocycles. The van der Waals surface area contributed by atoms with E-state index in [9.17, 15) is 0 Å². The van der Waals surface area contributed by atoms with Gasteiger partial charge in [-0.3, -0.25) is 0 Å². The summed E-state index contributed by atoms with van der Waals surface area (Å²) in [6, 6.07) is 51.8. The lowest BCUT2D eigenvalue weighted by Gasteiger charge is -2.57. The maximum atomic E-state index is 2.54. The molecule has 0 N–H and O–H groups in total. The summed E-state index contributed by atoms with van der Waals surface area (Å²) in [6.45, 7) is 4.88. The molecule has 7 aromatic rings. The Kier molecular flexibility index (Phi) is 7.58. The van der Waals surface area contributed by atoms with Gasteiger partial charge in [0.05, 0.1) is 11.0 Å². The van der Waals surface area contributed by atoms with Gasteiger partial charge in [-0.15, -0.1) is 0 Å².